The third-order valence-corrected chi connectivity index (χ3v) is 6.08. The fraction of sp³-hybridized carbons (Fsp3) is 0.182. The van der Waals surface area contributed by atoms with Crippen molar-refractivity contribution in [1.82, 2.24) is 0 Å². The largest absolute Gasteiger partial charge is 0.486 e. The fourth-order valence-corrected chi connectivity index (χ4v) is 4.23. The third kappa shape index (κ3) is 4.06. The maximum Gasteiger partial charge on any atom is 0.261 e. The van der Waals surface area contributed by atoms with E-state index < -0.39 is 16.1 Å². The molecule has 0 aliphatic carbocycles. The summed E-state index contributed by atoms with van der Waals surface area (Å²) in [4.78, 5) is 0.137. The van der Waals surface area contributed by atoms with Gasteiger partial charge in [-0.1, -0.05) is 48.0 Å². The first-order valence-electron chi connectivity index (χ1n) is 9.20. The molecule has 1 atom stereocenters. The van der Waals surface area contributed by atoms with Gasteiger partial charge in [0, 0.05) is 11.6 Å². The maximum atomic E-state index is 12.9. The van der Waals surface area contributed by atoms with Crippen molar-refractivity contribution in [1.29, 1.82) is 0 Å². The number of aryl methyl sites for hydroxylation is 1. The van der Waals surface area contributed by atoms with Gasteiger partial charge in [-0.05, 0) is 30.7 Å². The predicted octanol–water partition coefficient (Wildman–Crippen LogP) is 3.65. The van der Waals surface area contributed by atoms with Crippen LogP contribution in [0, 0.1) is 6.92 Å². The Bertz CT molecular complexity index is 1110. The van der Waals surface area contributed by atoms with Gasteiger partial charge < -0.3 is 14.6 Å². The topological polar surface area (TPSA) is 84.9 Å². The summed E-state index contributed by atoms with van der Waals surface area (Å²) in [6, 6.07) is 18.8. The van der Waals surface area contributed by atoms with Crippen molar-refractivity contribution < 1.29 is 23.0 Å². The Hall–Kier alpha value is -3.03. The van der Waals surface area contributed by atoms with Crippen molar-refractivity contribution in [2.24, 2.45) is 0 Å². The predicted molar refractivity (Wildman–Crippen MR) is 110 cm³/mol. The standard InChI is InChI=1S/C22H21NO5S/c1-15-7-9-17(10-8-15)29(25,26)23-19-14-21-20(27-11-12-28-21)13-18(19)22(24)16-5-3-2-4-6-16/h2-10,13-14,22-24H,11-12H2,1H3. The van der Waals surface area contributed by atoms with Gasteiger partial charge in [0.05, 0.1) is 10.6 Å². The number of nitrogens with one attached hydrogen (secondary N) is 1. The second kappa shape index (κ2) is 7.77. The first-order chi connectivity index (χ1) is 13.9. The van der Waals surface area contributed by atoms with Crippen LogP contribution in [-0.2, 0) is 10.0 Å². The molecule has 2 N–H and O–H groups in total. The van der Waals surface area contributed by atoms with E-state index in [-0.39, 0.29) is 10.6 Å². The summed E-state index contributed by atoms with van der Waals surface area (Å²) >= 11 is 0. The van der Waals surface area contributed by atoms with Crippen LogP contribution < -0.4 is 14.2 Å². The zero-order valence-corrected chi connectivity index (χ0v) is 16.6. The number of hydrogen-bond acceptors (Lipinski definition) is 5. The van der Waals surface area contributed by atoms with Gasteiger partial charge in [-0.15, -0.1) is 0 Å². The molecule has 1 aliphatic heterocycles. The van der Waals surface area contributed by atoms with Gasteiger partial charge in [0.1, 0.15) is 19.3 Å². The molecule has 0 radical (unpaired) electrons. The summed E-state index contributed by atoms with van der Waals surface area (Å²) < 4.78 is 39.7. The van der Waals surface area contributed by atoms with Crippen LogP contribution in [0.25, 0.3) is 0 Å². The Balaban J connectivity index is 1.77. The number of ether oxygens (including phenoxy) is 2. The molecule has 29 heavy (non-hydrogen) atoms. The second-order valence-corrected chi connectivity index (χ2v) is 8.50. The Labute approximate surface area is 169 Å². The minimum atomic E-state index is -3.85. The molecule has 3 aromatic carbocycles. The van der Waals surface area contributed by atoms with Gasteiger partial charge in [-0.3, -0.25) is 4.72 Å². The Morgan fingerprint density at radius 3 is 2.21 bits per heavy atom. The number of sulfonamides is 1. The highest BCUT2D eigenvalue weighted by Crippen LogP contribution is 2.40. The Morgan fingerprint density at radius 2 is 1.55 bits per heavy atom. The van der Waals surface area contributed by atoms with Crippen LogP contribution in [0.2, 0.25) is 0 Å². The third-order valence-electron chi connectivity index (χ3n) is 4.70. The highest BCUT2D eigenvalue weighted by atomic mass is 32.2. The minimum absolute atomic E-state index is 0.137. The van der Waals surface area contributed by atoms with E-state index in [1.165, 1.54) is 0 Å². The van der Waals surface area contributed by atoms with E-state index in [1.807, 2.05) is 25.1 Å². The summed E-state index contributed by atoms with van der Waals surface area (Å²) in [5, 5.41) is 10.9. The van der Waals surface area contributed by atoms with E-state index in [9.17, 15) is 13.5 Å². The highest BCUT2D eigenvalue weighted by molar-refractivity contribution is 7.92. The van der Waals surface area contributed by atoms with Crippen LogP contribution in [0.1, 0.15) is 22.8 Å². The number of aliphatic hydroxyl groups excluding tert-OH is 1. The molecule has 0 aromatic heterocycles. The maximum absolute atomic E-state index is 12.9. The number of rotatable bonds is 5. The summed E-state index contributed by atoms with van der Waals surface area (Å²) in [7, 11) is -3.85. The zero-order chi connectivity index (χ0) is 20.4. The smallest absolute Gasteiger partial charge is 0.261 e. The molecule has 1 aliphatic rings. The second-order valence-electron chi connectivity index (χ2n) is 6.81. The molecule has 0 bridgehead atoms. The van der Waals surface area contributed by atoms with Crippen molar-refractivity contribution in [3.8, 4) is 11.5 Å². The van der Waals surface area contributed by atoms with Crippen molar-refractivity contribution in [3.63, 3.8) is 0 Å². The van der Waals surface area contributed by atoms with Gasteiger partial charge in [0.2, 0.25) is 0 Å². The van der Waals surface area contributed by atoms with Crippen LogP contribution in [0.15, 0.2) is 71.6 Å². The Morgan fingerprint density at radius 1 is 0.931 bits per heavy atom. The summed E-state index contributed by atoms with van der Waals surface area (Å²) in [5.41, 5.74) is 2.23. The number of fused-ring (bicyclic) bond motifs is 1. The molecule has 1 heterocycles. The number of benzene rings is 3. The van der Waals surface area contributed by atoms with Gasteiger partial charge in [-0.2, -0.15) is 0 Å². The molecule has 0 saturated heterocycles. The van der Waals surface area contributed by atoms with Crippen LogP contribution in [0.3, 0.4) is 0 Å². The molecule has 6 nitrogen and oxygen atoms in total. The van der Waals surface area contributed by atoms with Crippen LogP contribution in [0.5, 0.6) is 11.5 Å². The average Bonchev–Trinajstić information content (AvgIpc) is 2.73. The SMILES string of the molecule is Cc1ccc(S(=O)(=O)Nc2cc3c(cc2C(O)c2ccccc2)OCCO3)cc1. The lowest BCUT2D eigenvalue weighted by atomic mass is 9.99. The molecule has 0 fully saturated rings. The summed E-state index contributed by atoms with van der Waals surface area (Å²) in [6.45, 7) is 2.65. The molecule has 0 saturated carbocycles. The molecule has 7 heteroatoms. The molecule has 0 spiro atoms. The lowest BCUT2D eigenvalue weighted by molar-refractivity contribution is 0.170. The first-order valence-corrected chi connectivity index (χ1v) is 10.7. The molecular weight excluding hydrogens is 390 g/mol. The number of anilines is 1. The van der Waals surface area contributed by atoms with Gasteiger partial charge in [0.25, 0.3) is 10.0 Å². The molecular formula is C22H21NO5S. The van der Waals surface area contributed by atoms with Crippen LogP contribution >= 0.6 is 0 Å². The van der Waals surface area contributed by atoms with E-state index in [4.69, 9.17) is 9.47 Å². The van der Waals surface area contributed by atoms with E-state index in [0.717, 1.165) is 5.56 Å². The van der Waals surface area contributed by atoms with E-state index >= 15 is 0 Å². The van der Waals surface area contributed by atoms with Gasteiger partial charge in [0.15, 0.2) is 11.5 Å². The normalized spacial score (nSPS) is 14.3. The quantitative estimate of drug-likeness (QED) is 0.670. The molecule has 4 rings (SSSR count). The van der Waals surface area contributed by atoms with Crippen LogP contribution in [0.4, 0.5) is 5.69 Å². The number of hydrogen-bond donors (Lipinski definition) is 2. The van der Waals surface area contributed by atoms with E-state index in [2.05, 4.69) is 4.72 Å². The van der Waals surface area contributed by atoms with E-state index in [0.29, 0.717) is 35.8 Å². The fourth-order valence-electron chi connectivity index (χ4n) is 3.16. The lowest BCUT2D eigenvalue weighted by Crippen LogP contribution is -2.19. The van der Waals surface area contributed by atoms with Crippen molar-refractivity contribution in [2.45, 2.75) is 17.9 Å². The average molecular weight is 411 g/mol. The van der Waals surface area contributed by atoms with Crippen LogP contribution in [-0.4, -0.2) is 26.7 Å². The van der Waals surface area contributed by atoms with E-state index in [1.54, 1.807) is 48.5 Å². The van der Waals surface area contributed by atoms with Crippen molar-refractivity contribution >= 4 is 15.7 Å². The molecule has 0 amide bonds. The zero-order valence-electron chi connectivity index (χ0n) is 15.8. The molecule has 3 aromatic rings. The lowest BCUT2D eigenvalue weighted by Gasteiger charge is -2.23. The first kappa shape index (κ1) is 19.3. The van der Waals surface area contributed by atoms with Crippen molar-refractivity contribution in [2.75, 3.05) is 17.9 Å². The van der Waals surface area contributed by atoms with Gasteiger partial charge in [-0.25, -0.2) is 8.42 Å². The van der Waals surface area contributed by atoms with Gasteiger partial charge >= 0.3 is 0 Å². The molecule has 1 unspecified atom stereocenters. The monoisotopic (exact) mass is 411 g/mol. The van der Waals surface area contributed by atoms with Crippen molar-refractivity contribution in [3.05, 3.63) is 83.4 Å². The summed E-state index contributed by atoms with van der Waals surface area (Å²) in [6.07, 6.45) is -1.04. The summed E-state index contributed by atoms with van der Waals surface area (Å²) in [5.74, 6) is 0.904. The number of aliphatic hydroxyl groups is 1. The highest BCUT2D eigenvalue weighted by Gasteiger charge is 2.24. The Kier molecular flexibility index (Phi) is 5.17. The minimum Gasteiger partial charge on any atom is -0.486 e. The molecule has 150 valence electrons.